The summed E-state index contributed by atoms with van der Waals surface area (Å²) in [5.41, 5.74) is 1.50. The summed E-state index contributed by atoms with van der Waals surface area (Å²) < 4.78 is 41.0. The number of hydrogen-bond donors (Lipinski definition) is 3. The lowest BCUT2D eigenvalue weighted by atomic mass is 10.1. The number of carbonyl (C=O) groups excluding carboxylic acids is 2. The van der Waals surface area contributed by atoms with Gasteiger partial charge < -0.3 is 10.6 Å². The van der Waals surface area contributed by atoms with Crippen LogP contribution in [-0.2, 0) is 10.0 Å². The summed E-state index contributed by atoms with van der Waals surface area (Å²) in [6.07, 6.45) is 0. The molecule has 4 aromatic rings. The zero-order valence-corrected chi connectivity index (χ0v) is 19.1. The number of sulfonamides is 1. The first-order chi connectivity index (χ1) is 16.8. The first-order valence-corrected chi connectivity index (χ1v) is 12.0. The van der Waals surface area contributed by atoms with Gasteiger partial charge in [0, 0.05) is 16.9 Å². The van der Waals surface area contributed by atoms with Crippen LogP contribution in [0.1, 0.15) is 20.7 Å². The van der Waals surface area contributed by atoms with Gasteiger partial charge in [-0.1, -0.05) is 36.4 Å². The Morgan fingerprint density at radius 1 is 0.657 bits per heavy atom. The first kappa shape index (κ1) is 23.7. The molecule has 0 fully saturated rings. The number of amides is 2. The van der Waals surface area contributed by atoms with Crippen molar-refractivity contribution in [3.8, 4) is 0 Å². The normalized spacial score (nSPS) is 10.9. The highest BCUT2D eigenvalue weighted by Gasteiger charge is 2.19. The van der Waals surface area contributed by atoms with E-state index >= 15 is 0 Å². The molecule has 0 unspecified atom stereocenters. The summed E-state index contributed by atoms with van der Waals surface area (Å²) in [5, 5.41) is 5.48. The molecule has 176 valence electrons. The van der Waals surface area contributed by atoms with Crippen LogP contribution in [0.25, 0.3) is 0 Å². The minimum absolute atomic E-state index is 0.0582. The molecule has 7 nitrogen and oxygen atoms in total. The fourth-order valence-electron chi connectivity index (χ4n) is 3.25. The van der Waals surface area contributed by atoms with Gasteiger partial charge in [-0.15, -0.1) is 0 Å². The second-order valence-corrected chi connectivity index (χ2v) is 9.14. The Hall–Kier alpha value is -4.50. The Labute approximate surface area is 201 Å². The molecule has 0 radical (unpaired) electrons. The van der Waals surface area contributed by atoms with Crippen LogP contribution < -0.4 is 15.4 Å². The number of hydrogen-bond acceptors (Lipinski definition) is 4. The van der Waals surface area contributed by atoms with Crippen LogP contribution in [0.3, 0.4) is 0 Å². The van der Waals surface area contributed by atoms with Gasteiger partial charge in [0.15, 0.2) is 0 Å². The SMILES string of the molecule is O=C(Nc1cccc(NC(=O)c2ccccc2NS(=O)(=O)c2ccc(F)cc2)c1)c1ccccc1. The quantitative estimate of drug-likeness (QED) is 0.335. The van der Waals surface area contributed by atoms with Crippen molar-refractivity contribution in [1.29, 1.82) is 0 Å². The van der Waals surface area contributed by atoms with Crippen LogP contribution >= 0.6 is 0 Å². The number of carbonyl (C=O) groups is 2. The van der Waals surface area contributed by atoms with E-state index in [4.69, 9.17) is 0 Å². The van der Waals surface area contributed by atoms with E-state index in [0.29, 0.717) is 16.9 Å². The van der Waals surface area contributed by atoms with Crippen molar-refractivity contribution in [3.63, 3.8) is 0 Å². The van der Waals surface area contributed by atoms with Gasteiger partial charge in [-0.3, -0.25) is 14.3 Å². The predicted octanol–water partition coefficient (Wildman–Crippen LogP) is 5.13. The third-order valence-corrected chi connectivity index (χ3v) is 6.34. The summed E-state index contributed by atoms with van der Waals surface area (Å²) in [6.45, 7) is 0. The van der Waals surface area contributed by atoms with Gasteiger partial charge in [0.2, 0.25) is 0 Å². The molecule has 35 heavy (non-hydrogen) atoms. The van der Waals surface area contributed by atoms with E-state index in [-0.39, 0.29) is 22.1 Å². The minimum atomic E-state index is -4.05. The Kier molecular flexibility index (Phi) is 6.88. The molecule has 0 atom stereocenters. The smallest absolute Gasteiger partial charge is 0.261 e. The van der Waals surface area contributed by atoms with Crippen molar-refractivity contribution in [3.05, 3.63) is 120 Å². The molecule has 0 bridgehead atoms. The van der Waals surface area contributed by atoms with E-state index < -0.39 is 21.7 Å². The maximum Gasteiger partial charge on any atom is 0.261 e. The average molecular weight is 490 g/mol. The number of halogens is 1. The minimum Gasteiger partial charge on any atom is -0.322 e. The molecule has 2 amide bonds. The van der Waals surface area contributed by atoms with Crippen molar-refractivity contribution >= 4 is 38.9 Å². The van der Waals surface area contributed by atoms with Crippen LogP contribution in [0, 0.1) is 5.82 Å². The lowest BCUT2D eigenvalue weighted by Crippen LogP contribution is -2.19. The standard InChI is InChI=1S/C26H20FN3O4S/c27-19-13-15-22(16-14-19)35(33,34)30-24-12-5-4-11-23(24)26(32)29-21-10-6-9-20(17-21)28-25(31)18-7-2-1-3-8-18/h1-17,30H,(H,28,31)(H,29,32). The molecule has 9 heteroatoms. The van der Waals surface area contributed by atoms with Gasteiger partial charge in [0.1, 0.15) is 5.82 Å². The summed E-state index contributed by atoms with van der Waals surface area (Å²) >= 11 is 0. The topological polar surface area (TPSA) is 104 Å². The lowest BCUT2D eigenvalue weighted by molar-refractivity contribution is 0.102. The van der Waals surface area contributed by atoms with Gasteiger partial charge in [-0.05, 0) is 66.7 Å². The Bertz CT molecular complexity index is 1470. The largest absolute Gasteiger partial charge is 0.322 e. The summed E-state index contributed by atoms with van der Waals surface area (Å²) in [5.74, 6) is -1.42. The van der Waals surface area contributed by atoms with Gasteiger partial charge in [-0.2, -0.15) is 0 Å². The fraction of sp³-hybridized carbons (Fsp3) is 0. The zero-order valence-electron chi connectivity index (χ0n) is 18.2. The lowest BCUT2D eigenvalue weighted by Gasteiger charge is -2.13. The van der Waals surface area contributed by atoms with E-state index in [0.717, 1.165) is 24.3 Å². The number of para-hydroxylation sites is 1. The molecule has 0 heterocycles. The fourth-order valence-corrected chi connectivity index (χ4v) is 4.33. The second-order valence-electron chi connectivity index (χ2n) is 7.46. The van der Waals surface area contributed by atoms with Crippen molar-refractivity contribution in [1.82, 2.24) is 0 Å². The van der Waals surface area contributed by atoms with E-state index in [9.17, 15) is 22.4 Å². The molecule has 4 aromatic carbocycles. The molecular weight excluding hydrogens is 469 g/mol. The zero-order chi connectivity index (χ0) is 24.8. The van der Waals surface area contributed by atoms with E-state index in [1.54, 1.807) is 60.7 Å². The molecule has 3 N–H and O–H groups in total. The highest BCUT2D eigenvalue weighted by Crippen LogP contribution is 2.23. The number of benzene rings is 4. The van der Waals surface area contributed by atoms with Gasteiger partial charge in [-0.25, -0.2) is 12.8 Å². The molecular formula is C26H20FN3O4S. The molecule has 0 saturated carbocycles. The molecule has 4 rings (SSSR count). The number of rotatable bonds is 7. The van der Waals surface area contributed by atoms with Gasteiger partial charge in [0.25, 0.3) is 21.8 Å². The van der Waals surface area contributed by atoms with E-state index in [1.807, 2.05) is 6.07 Å². The van der Waals surface area contributed by atoms with Crippen LogP contribution in [0.5, 0.6) is 0 Å². The molecule has 0 aliphatic heterocycles. The van der Waals surface area contributed by atoms with Gasteiger partial charge >= 0.3 is 0 Å². The third-order valence-electron chi connectivity index (χ3n) is 4.95. The van der Waals surface area contributed by atoms with Gasteiger partial charge in [0.05, 0.1) is 16.1 Å². The van der Waals surface area contributed by atoms with Crippen LogP contribution in [0.2, 0.25) is 0 Å². The molecule has 0 saturated heterocycles. The molecule has 0 aliphatic rings. The molecule has 0 aliphatic carbocycles. The van der Waals surface area contributed by atoms with Crippen LogP contribution in [0.4, 0.5) is 21.5 Å². The monoisotopic (exact) mass is 489 g/mol. The first-order valence-electron chi connectivity index (χ1n) is 10.5. The maximum absolute atomic E-state index is 13.2. The van der Waals surface area contributed by atoms with Crippen molar-refractivity contribution in [2.24, 2.45) is 0 Å². The van der Waals surface area contributed by atoms with Crippen molar-refractivity contribution < 1.29 is 22.4 Å². The van der Waals surface area contributed by atoms with E-state index in [2.05, 4.69) is 15.4 Å². The third kappa shape index (κ3) is 5.90. The Morgan fingerprint density at radius 2 is 1.26 bits per heavy atom. The Morgan fingerprint density at radius 3 is 1.94 bits per heavy atom. The summed E-state index contributed by atoms with van der Waals surface area (Å²) in [4.78, 5) is 25.2. The highest BCUT2D eigenvalue weighted by molar-refractivity contribution is 7.92. The summed E-state index contributed by atoms with van der Waals surface area (Å²) in [6, 6.07) is 25.7. The summed E-state index contributed by atoms with van der Waals surface area (Å²) in [7, 11) is -4.05. The maximum atomic E-state index is 13.2. The van der Waals surface area contributed by atoms with Crippen LogP contribution in [0.15, 0.2) is 108 Å². The average Bonchev–Trinajstić information content (AvgIpc) is 2.85. The number of anilines is 3. The molecule has 0 aromatic heterocycles. The van der Waals surface area contributed by atoms with Crippen molar-refractivity contribution in [2.75, 3.05) is 15.4 Å². The Balaban J connectivity index is 1.51. The highest BCUT2D eigenvalue weighted by atomic mass is 32.2. The molecule has 0 spiro atoms. The van der Waals surface area contributed by atoms with Crippen LogP contribution in [-0.4, -0.2) is 20.2 Å². The van der Waals surface area contributed by atoms with Crippen molar-refractivity contribution in [2.45, 2.75) is 4.90 Å². The predicted molar refractivity (Wildman–Crippen MR) is 132 cm³/mol. The van der Waals surface area contributed by atoms with E-state index in [1.165, 1.54) is 12.1 Å². The number of nitrogens with one attached hydrogen (secondary N) is 3. The second kappa shape index (κ2) is 10.2.